The van der Waals surface area contributed by atoms with E-state index in [1.54, 1.807) is 6.92 Å². The van der Waals surface area contributed by atoms with Crippen LogP contribution in [0.25, 0.3) is 5.65 Å². The molecule has 0 aliphatic carbocycles. The molecule has 3 rings (SSSR count). The van der Waals surface area contributed by atoms with Crippen molar-refractivity contribution >= 4 is 11.6 Å². The van der Waals surface area contributed by atoms with Crippen molar-refractivity contribution in [3.05, 3.63) is 71.2 Å². The van der Waals surface area contributed by atoms with E-state index in [9.17, 15) is 4.79 Å². The predicted molar refractivity (Wildman–Crippen MR) is 77.7 cm³/mol. The lowest BCUT2D eigenvalue weighted by Crippen LogP contribution is -2.16. The molecule has 0 saturated heterocycles. The molecule has 3 aromatic rings. The molecule has 100 valence electrons. The molecule has 4 nitrogen and oxygen atoms in total. The molecular weight excluding hydrogens is 250 g/mol. The predicted octanol–water partition coefficient (Wildman–Crippen LogP) is 2.33. The summed E-state index contributed by atoms with van der Waals surface area (Å²) in [5, 5.41) is 0. The van der Waals surface area contributed by atoms with Crippen LogP contribution in [0.15, 0.2) is 48.5 Å². The second-order valence-corrected chi connectivity index (χ2v) is 4.78. The van der Waals surface area contributed by atoms with Crippen LogP contribution in [0, 0.1) is 6.92 Å². The van der Waals surface area contributed by atoms with Crippen LogP contribution in [-0.4, -0.2) is 15.3 Å². The van der Waals surface area contributed by atoms with Gasteiger partial charge in [0.15, 0.2) is 0 Å². The number of hydrogen-bond donors (Lipinski definition) is 1. The number of fused-ring (bicyclic) bond motifs is 1. The summed E-state index contributed by atoms with van der Waals surface area (Å²) in [7, 11) is 0. The van der Waals surface area contributed by atoms with Crippen molar-refractivity contribution in [2.75, 3.05) is 0 Å². The summed E-state index contributed by atoms with van der Waals surface area (Å²) >= 11 is 0. The van der Waals surface area contributed by atoms with Crippen molar-refractivity contribution in [3.8, 4) is 0 Å². The van der Waals surface area contributed by atoms with Gasteiger partial charge in [0.05, 0.1) is 5.69 Å². The zero-order chi connectivity index (χ0) is 14.1. The first-order valence-corrected chi connectivity index (χ1v) is 6.47. The number of aromatic nitrogens is 2. The molecule has 2 N–H and O–H groups in total. The third-order valence-electron chi connectivity index (χ3n) is 3.36. The van der Waals surface area contributed by atoms with E-state index in [1.807, 2.05) is 40.8 Å². The maximum atomic E-state index is 11.7. The monoisotopic (exact) mass is 265 g/mol. The molecule has 0 atom stereocenters. The molecule has 1 amide bonds. The van der Waals surface area contributed by atoms with Gasteiger partial charge in [-0.05, 0) is 24.6 Å². The third kappa shape index (κ3) is 2.05. The van der Waals surface area contributed by atoms with Gasteiger partial charge in [-0.1, -0.05) is 36.4 Å². The molecule has 0 saturated carbocycles. The van der Waals surface area contributed by atoms with Crippen LogP contribution in [0.5, 0.6) is 0 Å². The van der Waals surface area contributed by atoms with E-state index in [0.717, 1.165) is 17.8 Å². The Kier molecular flexibility index (Phi) is 2.99. The van der Waals surface area contributed by atoms with Gasteiger partial charge in [-0.25, -0.2) is 4.98 Å². The number of imidazole rings is 1. The van der Waals surface area contributed by atoms with Crippen molar-refractivity contribution in [2.45, 2.75) is 13.3 Å². The maximum Gasteiger partial charge on any atom is 0.267 e. The number of primary amides is 1. The van der Waals surface area contributed by atoms with Crippen molar-refractivity contribution in [2.24, 2.45) is 5.73 Å². The summed E-state index contributed by atoms with van der Waals surface area (Å²) in [6.07, 6.45) is 0.730. The lowest BCUT2D eigenvalue weighted by Gasteiger charge is -2.08. The minimum Gasteiger partial charge on any atom is -0.364 e. The topological polar surface area (TPSA) is 60.4 Å². The summed E-state index contributed by atoms with van der Waals surface area (Å²) in [4.78, 5) is 16.1. The molecule has 2 aromatic heterocycles. The Balaban J connectivity index is 2.18. The van der Waals surface area contributed by atoms with E-state index in [-0.39, 0.29) is 0 Å². The van der Waals surface area contributed by atoms with Crippen LogP contribution < -0.4 is 5.73 Å². The zero-order valence-electron chi connectivity index (χ0n) is 11.2. The van der Waals surface area contributed by atoms with Gasteiger partial charge in [-0.3, -0.25) is 9.20 Å². The second kappa shape index (κ2) is 4.81. The molecule has 20 heavy (non-hydrogen) atoms. The number of carbonyl (C=O) groups is 1. The van der Waals surface area contributed by atoms with E-state index < -0.39 is 5.91 Å². The molecule has 0 aliphatic heterocycles. The Morgan fingerprint density at radius 1 is 1.15 bits per heavy atom. The highest BCUT2D eigenvalue weighted by Crippen LogP contribution is 2.17. The lowest BCUT2D eigenvalue weighted by molar-refractivity contribution is 0.0994. The van der Waals surface area contributed by atoms with Crippen LogP contribution in [0.1, 0.15) is 27.4 Å². The van der Waals surface area contributed by atoms with E-state index in [0.29, 0.717) is 11.4 Å². The van der Waals surface area contributed by atoms with Crippen LogP contribution in [0.2, 0.25) is 0 Å². The van der Waals surface area contributed by atoms with Gasteiger partial charge in [-0.2, -0.15) is 0 Å². The third-order valence-corrected chi connectivity index (χ3v) is 3.36. The van der Waals surface area contributed by atoms with Crippen LogP contribution in [0.4, 0.5) is 0 Å². The molecule has 4 heteroatoms. The average Bonchev–Trinajstić information content (AvgIpc) is 2.77. The lowest BCUT2D eigenvalue weighted by atomic mass is 10.1. The minimum atomic E-state index is -0.449. The van der Waals surface area contributed by atoms with Crippen molar-refractivity contribution in [1.82, 2.24) is 9.38 Å². The number of nitrogens with two attached hydrogens (primary N) is 1. The number of benzene rings is 1. The first-order valence-electron chi connectivity index (χ1n) is 6.47. The SMILES string of the molecule is Cc1nc2cccc(Cc3ccccc3)n2c1C(N)=O. The van der Waals surface area contributed by atoms with Gasteiger partial charge in [0.1, 0.15) is 11.3 Å². The Labute approximate surface area is 116 Å². The zero-order valence-corrected chi connectivity index (χ0v) is 11.2. The van der Waals surface area contributed by atoms with Gasteiger partial charge in [0, 0.05) is 12.1 Å². The fourth-order valence-corrected chi connectivity index (χ4v) is 2.50. The minimum absolute atomic E-state index is 0.449. The molecule has 0 unspecified atom stereocenters. The first-order chi connectivity index (χ1) is 9.66. The van der Waals surface area contributed by atoms with Gasteiger partial charge in [0.2, 0.25) is 0 Å². The Hall–Kier alpha value is -2.62. The highest BCUT2D eigenvalue weighted by molar-refractivity contribution is 5.93. The number of amides is 1. The quantitative estimate of drug-likeness (QED) is 0.790. The number of pyridine rings is 1. The molecule has 1 aromatic carbocycles. The van der Waals surface area contributed by atoms with E-state index >= 15 is 0 Å². The summed E-state index contributed by atoms with van der Waals surface area (Å²) in [5.74, 6) is -0.449. The standard InChI is InChI=1S/C16H15N3O/c1-11-15(16(17)20)19-13(8-5-9-14(19)18-11)10-12-6-3-2-4-7-12/h2-9H,10H2,1H3,(H2,17,20). The van der Waals surface area contributed by atoms with Crippen LogP contribution in [-0.2, 0) is 6.42 Å². The maximum absolute atomic E-state index is 11.7. The fourth-order valence-electron chi connectivity index (χ4n) is 2.50. The smallest absolute Gasteiger partial charge is 0.267 e. The first kappa shape index (κ1) is 12.4. The van der Waals surface area contributed by atoms with Crippen LogP contribution in [0.3, 0.4) is 0 Å². The molecule has 0 aliphatic rings. The van der Waals surface area contributed by atoms with Crippen molar-refractivity contribution in [3.63, 3.8) is 0 Å². The Bertz CT molecular complexity index is 775. The largest absolute Gasteiger partial charge is 0.364 e. The summed E-state index contributed by atoms with van der Waals surface area (Å²) in [6.45, 7) is 1.80. The van der Waals surface area contributed by atoms with Crippen molar-refractivity contribution < 1.29 is 4.79 Å². The van der Waals surface area contributed by atoms with E-state index in [2.05, 4.69) is 17.1 Å². The Morgan fingerprint density at radius 2 is 1.90 bits per heavy atom. The highest BCUT2D eigenvalue weighted by Gasteiger charge is 2.16. The molecule has 0 spiro atoms. The molecule has 0 fully saturated rings. The fraction of sp³-hybridized carbons (Fsp3) is 0.125. The molecule has 0 bridgehead atoms. The number of carbonyl (C=O) groups excluding carboxylic acids is 1. The van der Waals surface area contributed by atoms with E-state index in [1.165, 1.54) is 5.56 Å². The number of nitrogens with zero attached hydrogens (tertiary/aromatic N) is 2. The number of aryl methyl sites for hydroxylation is 1. The number of hydrogen-bond acceptors (Lipinski definition) is 2. The summed E-state index contributed by atoms with van der Waals surface area (Å²) < 4.78 is 1.85. The molecule has 2 heterocycles. The normalized spacial score (nSPS) is 10.8. The molecule has 0 radical (unpaired) electrons. The van der Waals surface area contributed by atoms with Crippen LogP contribution >= 0.6 is 0 Å². The Morgan fingerprint density at radius 3 is 2.60 bits per heavy atom. The summed E-state index contributed by atoms with van der Waals surface area (Å²) in [6, 6.07) is 15.9. The van der Waals surface area contributed by atoms with Gasteiger partial charge in [-0.15, -0.1) is 0 Å². The van der Waals surface area contributed by atoms with E-state index in [4.69, 9.17) is 5.73 Å². The summed E-state index contributed by atoms with van der Waals surface area (Å²) in [5.41, 5.74) is 9.56. The van der Waals surface area contributed by atoms with Gasteiger partial charge >= 0.3 is 0 Å². The van der Waals surface area contributed by atoms with Gasteiger partial charge < -0.3 is 5.73 Å². The second-order valence-electron chi connectivity index (χ2n) is 4.78. The van der Waals surface area contributed by atoms with Gasteiger partial charge in [0.25, 0.3) is 5.91 Å². The number of rotatable bonds is 3. The highest BCUT2D eigenvalue weighted by atomic mass is 16.1. The molecular formula is C16H15N3O. The average molecular weight is 265 g/mol. The van der Waals surface area contributed by atoms with Crippen molar-refractivity contribution in [1.29, 1.82) is 0 Å².